The van der Waals surface area contributed by atoms with Crippen LogP contribution in [0.3, 0.4) is 0 Å². The molecule has 1 heteroatoms. The molecule has 1 rings (SSSR count). The highest BCUT2D eigenvalue weighted by Gasteiger charge is 2.02. The van der Waals surface area contributed by atoms with Gasteiger partial charge >= 0.3 is 6.26 Å². The first kappa shape index (κ1) is 2.67. The van der Waals surface area contributed by atoms with Crippen molar-refractivity contribution in [2.75, 3.05) is 6.61 Å². The van der Waals surface area contributed by atoms with Crippen LogP contribution in [-0.4, -0.2) is 6.61 Å². The molecule has 26 valence electrons. The third kappa shape index (κ3) is 0.366. The van der Waals surface area contributed by atoms with Crippen LogP contribution in [0.2, 0.25) is 0 Å². The smallest absolute Gasteiger partial charge is 0.268 e. The van der Waals surface area contributed by atoms with Crippen molar-refractivity contribution in [3.63, 3.8) is 0 Å². The molecule has 0 unspecified atom stereocenters. The Labute approximate surface area is 31.3 Å². The van der Waals surface area contributed by atoms with Crippen LogP contribution in [0.5, 0.6) is 0 Å². The van der Waals surface area contributed by atoms with Gasteiger partial charge in [-0.3, -0.25) is 4.74 Å². The average Bonchev–Trinajstić information content (AvgIpc) is 1.76. The number of rotatable bonds is 0. The van der Waals surface area contributed by atoms with Crippen LogP contribution in [0.25, 0.3) is 0 Å². The van der Waals surface area contributed by atoms with Crippen molar-refractivity contribution in [2.24, 2.45) is 0 Å². The summed E-state index contributed by atoms with van der Waals surface area (Å²) in [7, 11) is 0. The molecule has 0 fully saturated rings. The summed E-state index contributed by atoms with van der Waals surface area (Å²) >= 11 is 0. The molecule has 0 aliphatic carbocycles. The number of hydrogen-bond acceptors (Lipinski definition) is 1. The molecule has 0 aromatic carbocycles. The van der Waals surface area contributed by atoms with Crippen LogP contribution in [0.1, 0.15) is 6.42 Å². The van der Waals surface area contributed by atoms with E-state index in [1.165, 1.54) is 0 Å². The predicted molar refractivity (Wildman–Crippen MR) is 18.4 cm³/mol. The standard InChI is InChI=1S/C4H5O/c1-2-4-5-3-1/h1H,2,4H2/q+1. The maximum Gasteiger partial charge on any atom is 0.480 e. The summed E-state index contributed by atoms with van der Waals surface area (Å²) in [6, 6.07) is 0. The van der Waals surface area contributed by atoms with E-state index in [-0.39, 0.29) is 0 Å². The van der Waals surface area contributed by atoms with Crippen molar-refractivity contribution in [1.82, 2.24) is 0 Å². The Morgan fingerprint density at radius 3 is 3.00 bits per heavy atom. The third-order valence-electron chi connectivity index (χ3n) is 0.531. The van der Waals surface area contributed by atoms with Crippen molar-refractivity contribution in [3.8, 4) is 0 Å². The van der Waals surface area contributed by atoms with Gasteiger partial charge < -0.3 is 0 Å². The third-order valence-corrected chi connectivity index (χ3v) is 0.531. The van der Waals surface area contributed by atoms with Gasteiger partial charge in [-0.15, -0.1) is 0 Å². The van der Waals surface area contributed by atoms with E-state index in [1.807, 2.05) is 6.08 Å². The molecule has 0 radical (unpaired) electrons. The largest absolute Gasteiger partial charge is 0.480 e. The van der Waals surface area contributed by atoms with E-state index in [1.54, 1.807) is 0 Å². The Hall–Kier alpha value is -0.550. The second kappa shape index (κ2) is 1.05. The predicted octanol–water partition coefficient (Wildman–Crippen LogP) is 0.724. The van der Waals surface area contributed by atoms with Crippen molar-refractivity contribution < 1.29 is 4.74 Å². The number of ether oxygens (including phenoxy) is 1. The summed E-state index contributed by atoms with van der Waals surface area (Å²) in [5.41, 5.74) is 0. The van der Waals surface area contributed by atoms with Gasteiger partial charge in [-0.2, -0.15) is 0 Å². The van der Waals surface area contributed by atoms with Gasteiger partial charge in [0.25, 0.3) is 0 Å². The Morgan fingerprint density at radius 2 is 2.80 bits per heavy atom. The van der Waals surface area contributed by atoms with E-state index in [0.717, 1.165) is 13.0 Å². The Morgan fingerprint density at radius 1 is 1.80 bits per heavy atom. The average molecular weight is 69.1 g/mol. The summed E-state index contributed by atoms with van der Waals surface area (Å²) in [4.78, 5) is 0. The molecule has 1 nitrogen and oxygen atoms in total. The Kier molecular flexibility index (Phi) is 0.559. The van der Waals surface area contributed by atoms with E-state index in [9.17, 15) is 0 Å². The minimum Gasteiger partial charge on any atom is -0.268 e. The van der Waals surface area contributed by atoms with Gasteiger partial charge in [-0.25, -0.2) is 0 Å². The monoisotopic (exact) mass is 69.0 g/mol. The molecule has 0 aromatic rings. The SMILES string of the molecule is [C+]1=CCCO1. The fourth-order valence-corrected chi connectivity index (χ4v) is 0.295. The zero-order valence-corrected chi connectivity index (χ0v) is 2.90. The maximum atomic E-state index is 4.64. The molecule has 1 aliphatic heterocycles. The van der Waals surface area contributed by atoms with Crippen LogP contribution >= 0.6 is 0 Å². The number of hydrogen-bond donors (Lipinski definition) is 0. The lowest BCUT2D eigenvalue weighted by Gasteiger charge is -1.62. The van der Waals surface area contributed by atoms with Crippen LogP contribution in [0.15, 0.2) is 6.08 Å². The molecular formula is C4H5O+. The van der Waals surface area contributed by atoms with Gasteiger partial charge in [0.15, 0.2) is 6.61 Å². The summed E-state index contributed by atoms with van der Waals surface area (Å²) in [5, 5.41) is 0. The molecule has 0 atom stereocenters. The Bertz CT molecular complexity index is 41.6. The fourth-order valence-electron chi connectivity index (χ4n) is 0.295. The molecule has 0 saturated carbocycles. The van der Waals surface area contributed by atoms with Gasteiger partial charge in [0.2, 0.25) is 6.08 Å². The first-order valence-electron chi connectivity index (χ1n) is 1.69. The van der Waals surface area contributed by atoms with Gasteiger partial charge in [-0.05, 0) is 0 Å². The van der Waals surface area contributed by atoms with Gasteiger partial charge in [0, 0.05) is 0 Å². The highest BCUT2D eigenvalue weighted by molar-refractivity contribution is 4.71. The minimum atomic E-state index is 0.833. The van der Waals surface area contributed by atoms with Crippen molar-refractivity contribution in [1.29, 1.82) is 0 Å². The van der Waals surface area contributed by atoms with Gasteiger partial charge in [0.1, 0.15) is 0 Å². The van der Waals surface area contributed by atoms with Crippen LogP contribution in [0.4, 0.5) is 0 Å². The summed E-state index contributed by atoms with van der Waals surface area (Å²) in [6.07, 6.45) is 5.53. The minimum absolute atomic E-state index is 0.833. The summed E-state index contributed by atoms with van der Waals surface area (Å²) in [5.74, 6) is 0. The van der Waals surface area contributed by atoms with Crippen LogP contribution in [-0.2, 0) is 4.74 Å². The van der Waals surface area contributed by atoms with E-state index in [2.05, 4.69) is 11.0 Å². The van der Waals surface area contributed by atoms with Crippen LogP contribution < -0.4 is 0 Å². The van der Waals surface area contributed by atoms with Crippen LogP contribution in [0, 0.1) is 6.26 Å². The van der Waals surface area contributed by atoms with E-state index in [4.69, 9.17) is 0 Å². The van der Waals surface area contributed by atoms with E-state index in [0.29, 0.717) is 0 Å². The van der Waals surface area contributed by atoms with Gasteiger partial charge in [-0.1, -0.05) is 0 Å². The van der Waals surface area contributed by atoms with E-state index < -0.39 is 0 Å². The maximum absolute atomic E-state index is 4.64. The lowest BCUT2D eigenvalue weighted by molar-refractivity contribution is 0.261. The van der Waals surface area contributed by atoms with Crippen molar-refractivity contribution in [2.45, 2.75) is 6.42 Å². The summed E-state index contributed by atoms with van der Waals surface area (Å²) in [6.45, 7) is 0.833. The molecule has 0 bridgehead atoms. The van der Waals surface area contributed by atoms with E-state index >= 15 is 0 Å². The molecular weight excluding hydrogens is 64.0 g/mol. The molecule has 1 heterocycles. The first-order chi connectivity index (χ1) is 2.50. The normalized spacial score (nSPS) is 17.6. The highest BCUT2D eigenvalue weighted by atomic mass is 16.5. The molecule has 0 saturated heterocycles. The zero-order chi connectivity index (χ0) is 3.54. The Balaban J connectivity index is 2.32. The summed E-state index contributed by atoms with van der Waals surface area (Å²) < 4.78 is 4.64. The van der Waals surface area contributed by atoms with Crippen molar-refractivity contribution in [3.05, 3.63) is 12.3 Å². The molecule has 0 N–H and O–H groups in total. The van der Waals surface area contributed by atoms with Crippen molar-refractivity contribution >= 4 is 0 Å². The quantitative estimate of drug-likeness (QED) is 0.381. The molecule has 0 aromatic heterocycles. The fraction of sp³-hybridized carbons (Fsp3) is 0.500. The first-order valence-corrected chi connectivity index (χ1v) is 1.69. The molecule has 0 amide bonds. The zero-order valence-electron chi connectivity index (χ0n) is 2.90. The molecule has 5 heavy (non-hydrogen) atoms. The molecule has 1 aliphatic rings. The lowest BCUT2D eigenvalue weighted by Crippen LogP contribution is -1.71. The second-order valence-corrected chi connectivity index (χ2v) is 0.959. The topological polar surface area (TPSA) is 9.23 Å². The lowest BCUT2D eigenvalue weighted by atomic mass is 10.5. The highest BCUT2D eigenvalue weighted by Crippen LogP contribution is 1.91. The molecule has 0 spiro atoms. The van der Waals surface area contributed by atoms with Gasteiger partial charge in [0.05, 0.1) is 6.42 Å². The second-order valence-electron chi connectivity index (χ2n) is 0.959.